The lowest BCUT2D eigenvalue weighted by Crippen LogP contribution is -2.23. The largest absolute Gasteiger partial charge is 0.385 e. The van der Waals surface area contributed by atoms with Gasteiger partial charge < -0.3 is 5.73 Å². The van der Waals surface area contributed by atoms with E-state index in [4.69, 9.17) is 5.73 Å². The summed E-state index contributed by atoms with van der Waals surface area (Å²) in [7, 11) is 0. The van der Waals surface area contributed by atoms with Gasteiger partial charge in [-0.1, -0.05) is 18.2 Å². The van der Waals surface area contributed by atoms with E-state index in [-0.39, 0.29) is 12.3 Å². The molecule has 1 aromatic rings. The van der Waals surface area contributed by atoms with Crippen LogP contribution in [0.15, 0.2) is 40.3 Å². The molecule has 0 saturated heterocycles. The summed E-state index contributed by atoms with van der Waals surface area (Å²) in [5, 5.41) is 5.42. The molecule has 0 spiro atoms. The number of carbonyl (C=O) groups excluding carboxylic acids is 1. The van der Waals surface area contributed by atoms with Gasteiger partial charge in [0.15, 0.2) is 0 Å². The molecule has 1 heterocycles. The van der Waals surface area contributed by atoms with E-state index in [0.717, 1.165) is 5.75 Å². The molecule has 4 nitrogen and oxygen atoms in total. The molecule has 5 heteroatoms. The molecule has 0 atom stereocenters. The first kappa shape index (κ1) is 11.0. The predicted octanol–water partition coefficient (Wildman–Crippen LogP) is 1.28. The van der Waals surface area contributed by atoms with E-state index in [1.54, 1.807) is 11.8 Å². The monoisotopic (exact) mass is 235 g/mol. The molecule has 0 unspecified atom stereocenters. The Balaban J connectivity index is 1.79. The second-order valence-electron chi connectivity index (χ2n) is 3.45. The number of nitrogens with two attached hydrogens (primary N) is 1. The van der Waals surface area contributed by atoms with Gasteiger partial charge in [0.25, 0.3) is 0 Å². The van der Waals surface area contributed by atoms with Crippen molar-refractivity contribution in [3.63, 3.8) is 0 Å². The van der Waals surface area contributed by atoms with Crippen molar-refractivity contribution in [2.24, 2.45) is 10.8 Å². The predicted molar refractivity (Wildman–Crippen MR) is 65.1 cm³/mol. The second-order valence-corrected chi connectivity index (χ2v) is 4.61. The minimum Gasteiger partial charge on any atom is -0.385 e. The quantitative estimate of drug-likeness (QED) is 0.800. The van der Waals surface area contributed by atoms with Crippen molar-refractivity contribution in [1.82, 2.24) is 5.01 Å². The number of amides is 1. The van der Waals surface area contributed by atoms with Gasteiger partial charge in [0.05, 0.1) is 13.0 Å². The van der Waals surface area contributed by atoms with Crippen LogP contribution in [-0.4, -0.2) is 29.0 Å². The van der Waals surface area contributed by atoms with Crippen molar-refractivity contribution in [2.45, 2.75) is 11.3 Å². The Morgan fingerprint density at radius 2 is 2.12 bits per heavy atom. The van der Waals surface area contributed by atoms with Crippen LogP contribution in [0.5, 0.6) is 0 Å². The number of benzene rings is 1. The van der Waals surface area contributed by atoms with E-state index >= 15 is 0 Å². The number of hydrogen-bond donors (Lipinski definition) is 1. The highest BCUT2D eigenvalue weighted by Gasteiger charge is 2.20. The van der Waals surface area contributed by atoms with Gasteiger partial charge in [-0.25, -0.2) is 5.01 Å². The number of amidine groups is 1. The molecule has 2 N–H and O–H groups in total. The molecule has 16 heavy (non-hydrogen) atoms. The van der Waals surface area contributed by atoms with Crippen LogP contribution in [-0.2, 0) is 4.79 Å². The third-order valence-corrected chi connectivity index (χ3v) is 3.18. The van der Waals surface area contributed by atoms with Gasteiger partial charge in [-0.15, -0.1) is 11.8 Å². The summed E-state index contributed by atoms with van der Waals surface area (Å²) in [6, 6.07) is 10.1. The van der Waals surface area contributed by atoms with Gasteiger partial charge in [0, 0.05) is 10.6 Å². The first-order valence-corrected chi connectivity index (χ1v) is 6.05. The summed E-state index contributed by atoms with van der Waals surface area (Å²) in [5.41, 5.74) is 5.48. The minimum absolute atomic E-state index is 0.00818. The zero-order valence-electron chi connectivity index (χ0n) is 8.80. The standard InChI is InChI=1S/C11H13N3OS/c12-10-8-11(15)14(13-10)6-7-16-9-4-2-1-3-5-9/h1-5H,6-8H2,(H2,12,13). The van der Waals surface area contributed by atoms with Crippen LogP contribution in [0, 0.1) is 0 Å². The highest BCUT2D eigenvalue weighted by Crippen LogP contribution is 2.17. The zero-order valence-corrected chi connectivity index (χ0v) is 9.61. The first-order valence-electron chi connectivity index (χ1n) is 5.07. The average Bonchev–Trinajstić information content (AvgIpc) is 2.59. The molecule has 2 rings (SSSR count). The van der Waals surface area contributed by atoms with Gasteiger partial charge in [0.1, 0.15) is 5.84 Å². The van der Waals surface area contributed by atoms with Crippen molar-refractivity contribution in [1.29, 1.82) is 0 Å². The number of thioether (sulfide) groups is 1. The van der Waals surface area contributed by atoms with Crippen LogP contribution in [0.4, 0.5) is 0 Å². The van der Waals surface area contributed by atoms with Gasteiger partial charge >= 0.3 is 0 Å². The number of carbonyl (C=O) groups is 1. The minimum atomic E-state index is -0.00818. The molecular weight excluding hydrogens is 222 g/mol. The van der Waals surface area contributed by atoms with E-state index in [9.17, 15) is 4.79 Å². The van der Waals surface area contributed by atoms with E-state index < -0.39 is 0 Å². The van der Waals surface area contributed by atoms with Crippen molar-refractivity contribution in [3.05, 3.63) is 30.3 Å². The second kappa shape index (κ2) is 5.03. The summed E-state index contributed by atoms with van der Waals surface area (Å²) in [6.07, 6.45) is 0.260. The Hall–Kier alpha value is -1.49. The SMILES string of the molecule is NC1=NN(CCSc2ccccc2)C(=O)C1. The summed E-state index contributed by atoms with van der Waals surface area (Å²) in [4.78, 5) is 12.5. The molecule has 84 valence electrons. The van der Waals surface area contributed by atoms with Crippen LogP contribution in [0.2, 0.25) is 0 Å². The number of nitrogens with zero attached hydrogens (tertiary/aromatic N) is 2. The summed E-state index contributed by atoms with van der Waals surface area (Å²) < 4.78 is 0. The van der Waals surface area contributed by atoms with Gasteiger partial charge in [-0.3, -0.25) is 4.79 Å². The number of rotatable bonds is 4. The topological polar surface area (TPSA) is 58.7 Å². The summed E-state index contributed by atoms with van der Waals surface area (Å²) in [6.45, 7) is 0.610. The van der Waals surface area contributed by atoms with E-state index in [0.29, 0.717) is 12.4 Å². The smallest absolute Gasteiger partial charge is 0.250 e. The molecule has 0 fully saturated rings. The molecule has 1 aliphatic rings. The van der Waals surface area contributed by atoms with Crippen LogP contribution >= 0.6 is 11.8 Å². The van der Waals surface area contributed by atoms with Crippen molar-refractivity contribution < 1.29 is 4.79 Å². The maximum Gasteiger partial charge on any atom is 0.250 e. The average molecular weight is 235 g/mol. The Bertz CT molecular complexity index is 405. The molecule has 1 aromatic carbocycles. The molecule has 0 saturated carbocycles. The third-order valence-electron chi connectivity index (χ3n) is 2.18. The van der Waals surface area contributed by atoms with Gasteiger partial charge in [-0.2, -0.15) is 5.10 Å². The van der Waals surface area contributed by atoms with Crippen molar-refractivity contribution in [2.75, 3.05) is 12.3 Å². The van der Waals surface area contributed by atoms with E-state index in [1.807, 2.05) is 30.3 Å². The molecular formula is C11H13N3OS. The Morgan fingerprint density at radius 1 is 1.38 bits per heavy atom. The first-order chi connectivity index (χ1) is 7.75. The van der Waals surface area contributed by atoms with Crippen LogP contribution < -0.4 is 5.73 Å². The maximum atomic E-state index is 11.3. The molecule has 0 bridgehead atoms. The molecule has 1 aliphatic heterocycles. The molecule has 0 aromatic heterocycles. The lowest BCUT2D eigenvalue weighted by Gasteiger charge is -2.10. The highest BCUT2D eigenvalue weighted by atomic mass is 32.2. The fourth-order valence-electron chi connectivity index (χ4n) is 1.43. The fourth-order valence-corrected chi connectivity index (χ4v) is 2.28. The molecule has 0 aliphatic carbocycles. The summed E-state index contributed by atoms with van der Waals surface area (Å²) in [5.74, 6) is 1.23. The van der Waals surface area contributed by atoms with E-state index in [1.165, 1.54) is 9.90 Å². The van der Waals surface area contributed by atoms with Crippen LogP contribution in [0.3, 0.4) is 0 Å². The Morgan fingerprint density at radius 3 is 2.75 bits per heavy atom. The zero-order chi connectivity index (χ0) is 11.4. The maximum absolute atomic E-state index is 11.3. The normalized spacial score (nSPS) is 15.4. The number of hydrazone groups is 1. The summed E-state index contributed by atoms with van der Waals surface area (Å²) >= 11 is 1.71. The fraction of sp³-hybridized carbons (Fsp3) is 0.273. The molecule has 0 radical (unpaired) electrons. The van der Waals surface area contributed by atoms with Crippen LogP contribution in [0.1, 0.15) is 6.42 Å². The number of hydrogen-bond acceptors (Lipinski definition) is 4. The van der Waals surface area contributed by atoms with Crippen molar-refractivity contribution in [3.8, 4) is 0 Å². The lowest BCUT2D eigenvalue weighted by molar-refractivity contribution is -0.128. The highest BCUT2D eigenvalue weighted by molar-refractivity contribution is 7.99. The Labute approximate surface area is 98.5 Å². The van der Waals surface area contributed by atoms with E-state index in [2.05, 4.69) is 5.10 Å². The lowest BCUT2D eigenvalue weighted by atomic mass is 10.4. The van der Waals surface area contributed by atoms with Gasteiger partial charge in [-0.05, 0) is 12.1 Å². The van der Waals surface area contributed by atoms with Crippen LogP contribution in [0.25, 0.3) is 0 Å². The Kier molecular flexibility index (Phi) is 3.46. The molecule has 1 amide bonds. The van der Waals surface area contributed by atoms with Crippen molar-refractivity contribution >= 4 is 23.5 Å². The van der Waals surface area contributed by atoms with Gasteiger partial charge in [0.2, 0.25) is 5.91 Å². The third kappa shape index (κ3) is 2.76.